The molecule has 0 heterocycles. The Hall–Kier alpha value is -1.09. The van der Waals surface area contributed by atoms with Crippen molar-refractivity contribution in [3.63, 3.8) is 0 Å². The maximum Gasteiger partial charge on any atom is -0.00897 e. The summed E-state index contributed by atoms with van der Waals surface area (Å²) >= 11 is 2.37. The zero-order valence-corrected chi connectivity index (χ0v) is 12.3. The van der Waals surface area contributed by atoms with Gasteiger partial charge in [-0.15, -0.1) is 0 Å². The molecule has 1 heteroatoms. The van der Waals surface area contributed by atoms with Crippen LogP contribution in [-0.4, -0.2) is 0 Å². The summed E-state index contributed by atoms with van der Waals surface area (Å²) in [4.78, 5) is 0. The molecule has 2 aromatic rings. The zero-order chi connectivity index (χ0) is 12.4. The first-order chi connectivity index (χ1) is 8.15. The summed E-state index contributed by atoms with van der Waals surface area (Å²) in [5.74, 6) is 0. The number of halogens is 1. The van der Waals surface area contributed by atoms with Crippen LogP contribution in [0.3, 0.4) is 0 Å². The highest BCUT2D eigenvalue weighted by Gasteiger charge is 2.07. The lowest BCUT2D eigenvalue weighted by atomic mass is 9.95. The smallest absolute Gasteiger partial charge is 0.00897 e. The third kappa shape index (κ3) is 2.29. The predicted molar refractivity (Wildman–Crippen MR) is 86.3 cm³/mol. The summed E-state index contributed by atoms with van der Waals surface area (Å²) < 4.78 is 1.32. The van der Waals surface area contributed by atoms with Gasteiger partial charge in [-0.25, -0.2) is 0 Å². The van der Waals surface area contributed by atoms with Gasteiger partial charge in [-0.05, 0) is 67.5 Å². The molecule has 0 aliphatic rings. The van der Waals surface area contributed by atoms with Crippen LogP contribution in [0.5, 0.6) is 0 Å². The van der Waals surface area contributed by atoms with Crippen LogP contribution in [0, 0.1) is 0 Å². The number of fused-ring (bicyclic) bond motifs is 1. The summed E-state index contributed by atoms with van der Waals surface area (Å²) in [6, 6.07) is 12.8. The summed E-state index contributed by atoms with van der Waals surface area (Å²) in [6.45, 7) is 8.26. The topological polar surface area (TPSA) is 0 Å². The van der Waals surface area contributed by atoms with E-state index >= 15 is 0 Å². The Kier molecular flexibility index (Phi) is 3.67. The molecule has 2 rings (SSSR count). The molecular formula is C16H15I. The third-order valence-electron chi connectivity index (χ3n) is 3.10. The molecule has 0 bridgehead atoms. The van der Waals surface area contributed by atoms with Crippen molar-refractivity contribution in [1.82, 2.24) is 0 Å². The maximum absolute atomic E-state index is 3.96. The normalized spacial score (nSPS) is 12.4. The van der Waals surface area contributed by atoms with Gasteiger partial charge in [0.1, 0.15) is 0 Å². The van der Waals surface area contributed by atoms with Crippen LogP contribution in [0.2, 0.25) is 0 Å². The molecule has 0 aromatic heterocycles. The standard InChI is InChI=1S/C16H15I/c1-4-14-15(11(2)12(3)17)10-9-13-7-5-6-8-16(13)14/h4-10H,1H2,2-3H3/b12-11-. The SMILES string of the molecule is C=Cc1c(/C(C)=C(/C)I)ccc2ccccc12. The fraction of sp³-hybridized carbons (Fsp3) is 0.125. The van der Waals surface area contributed by atoms with E-state index in [1.807, 2.05) is 6.08 Å². The van der Waals surface area contributed by atoms with Crippen LogP contribution in [0.25, 0.3) is 22.4 Å². The Labute approximate surface area is 116 Å². The van der Waals surface area contributed by atoms with E-state index in [0.29, 0.717) is 0 Å². The van der Waals surface area contributed by atoms with Crippen molar-refractivity contribution in [2.24, 2.45) is 0 Å². The van der Waals surface area contributed by atoms with Gasteiger partial charge in [0.2, 0.25) is 0 Å². The van der Waals surface area contributed by atoms with Crippen molar-refractivity contribution in [2.75, 3.05) is 0 Å². The van der Waals surface area contributed by atoms with E-state index in [4.69, 9.17) is 0 Å². The highest BCUT2D eigenvalue weighted by Crippen LogP contribution is 2.31. The van der Waals surface area contributed by atoms with Crippen LogP contribution in [0.4, 0.5) is 0 Å². The molecule has 0 atom stereocenters. The highest BCUT2D eigenvalue weighted by atomic mass is 127. The molecule has 0 spiro atoms. The van der Waals surface area contributed by atoms with E-state index in [-0.39, 0.29) is 0 Å². The van der Waals surface area contributed by atoms with E-state index in [0.717, 1.165) is 0 Å². The number of hydrogen-bond donors (Lipinski definition) is 0. The minimum absolute atomic E-state index is 1.23. The molecule has 0 N–H and O–H groups in total. The summed E-state index contributed by atoms with van der Waals surface area (Å²) in [7, 11) is 0. The zero-order valence-electron chi connectivity index (χ0n) is 10.1. The Morgan fingerprint density at radius 1 is 1.12 bits per heavy atom. The first kappa shape index (κ1) is 12.4. The number of rotatable bonds is 2. The lowest BCUT2D eigenvalue weighted by Crippen LogP contribution is -1.88. The fourth-order valence-corrected chi connectivity index (χ4v) is 2.32. The summed E-state index contributed by atoms with van der Waals surface area (Å²) in [6.07, 6.45) is 1.96. The molecule has 0 saturated heterocycles. The molecule has 17 heavy (non-hydrogen) atoms. The Bertz CT molecular complexity index is 602. The Morgan fingerprint density at radius 3 is 2.47 bits per heavy atom. The van der Waals surface area contributed by atoms with Crippen molar-refractivity contribution in [3.05, 3.63) is 57.7 Å². The van der Waals surface area contributed by atoms with Crippen molar-refractivity contribution in [1.29, 1.82) is 0 Å². The quantitative estimate of drug-likeness (QED) is 0.621. The van der Waals surface area contributed by atoms with Crippen molar-refractivity contribution >= 4 is 45.0 Å². The molecule has 0 nitrogen and oxygen atoms in total. The van der Waals surface area contributed by atoms with Gasteiger partial charge in [0.15, 0.2) is 0 Å². The second kappa shape index (κ2) is 5.05. The Morgan fingerprint density at radius 2 is 1.82 bits per heavy atom. The van der Waals surface area contributed by atoms with Gasteiger partial charge in [-0.3, -0.25) is 0 Å². The maximum atomic E-state index is 3.96. The summed E-state index contributed by atoms with van der Waals surface area (Å²) in [5, 5.41) is 2.54. The predicted octanol–water partition coefficient (Wildman–Crippen LogP) is 5.67. The molecule has 0 saturated carbocycles. The van der Waals surface area contributed by atoms with Gasteiger partial charge in [0.25, 0.3) is 0 Å². The van der Waals surface area contributed by atoms with Crippen LogP contribution in [0.15, 0.2) is 46.6 Å². The average Bonchev–Trinajstić information content (AvgIpc) is 2.36. The lowest BCUT2D eigenvalue weighted by Gasteiger charge is -2.11. The monoisotopic (exact) mass is 334 g/mol. The molecule has 0 fully saturated rings. The molecule has 0 amide bonds. The van der Waals surface area contributed by atoms with Crippen LogP contribution < -0.4 is 0 Å². The van der Waals surface area contributed by atoms with Crippen LogP contribution in [0.1, 0.15) is 25.0 Å². The average molecular weight is 334 g/mol. The van der Waals surface area contributed by atoms with Gasteiger partial charge >= 0.3 is 0 Å². The third-order valence-corrected chi connectivity index (χ3v) is 3.90. The lowest BCUT2D eigenvalue weighted by molar-refractivity contribution is 1.54. The van der Waals surface area contributed by atoms with Crippen LogP contribution >= 0.6 is 22.6 Å². The number of allylic oxidation sites excluding steroid dienone is 2. The second-order valence-electron chi connectivity index (χ2n) is 4.11. The van der Waals surface area contributed by atoms with Gasteiger partial charge in [0, 0.05) is 0 Å². The van der Waals surface area contributed by atoms with Gasteiger partial charge < -0.3 is 0 Å². The largest absolute Gasteiger partial charge is 0.0984 e. The summed E-state index contributed by atoms with van der Waals surface area (Å²) in [5.41, 5.74) is 3.84. The molecule has 0 unspecified atom stereocenters. The van der Waals surface area contributed by atoms with Crippen molar-refractivity contribution < 1.29 is 0 Å². The van der Waals surface area contributed by atoms with E-state index in [2.05, 4.69) is 79.4 Å². The first-order valence-electron chi connectivity index (χ1n) is 5.62. The van der Waals surface area contributed by atoms with E-state index in [1.165, 1.54) is 31.1 Å². The molecule has 86 valence electrons. The minimum atomic E-state index is 1.23. The van der Waals surface area contributed by atoms with Gasteiger partial charge in [-0.1, -0.05) is 49.1 Å². The molecular weight excluding hydrogens is 319 g/mol. The minimum Gasteiger partial charge on any atom is -0.0984 e. The van der Waals surface area contributed by atoms with Crippen molar-refractivity contribution in [2.45, 2.75) is 13.8 Å². The number of hydrogen-bond acceptors (Lipinski definition) is 0. The fourth-order valence-electron chi connectivity index (χ4n) is 2.03. The molecule has 2 aromatic carbocycles. The van der Waals surface area contributed by atoms with Gasteiger partial charge in [-0.2, -0.15) is 0 Å². The first-order valence-corrected chi connectivity index (χ1v) is 6.70. The Balaban J connectivity index is 2.83. The van der Waals surface area contributed by atoms with Crippen molar-refractivity contribution in [3.8, 4) is 0 Å². The molecule has 0 aliphatic carbocycles. The van der Waals surface area contributed by atoms with E-state index in [9.17, 15) is 0 Å². The van der Waals surface area contributed by atoms with E-state index in [1.54, 1.807) is 0 Å². The van der Waals surface area contributed by atoms with Gasteiger partial charge in [0.05, 0.1) is 0 Å². The highest BCUT2D eigenvalue weighted by molar-refractivity contribution is 14.1. The molecule has 0 aliphatic heterocycles. The second-order valence-corrected chi connectivity index (χ2v) is 5.73. The number of benzene rings is 2. The molecule has 0 radical (unpaired) electrons. The van der Waals surface area contributed by atoms with E-state index < -0.39 is 0 Å². The van der Waals surface area contributed by atoms with Crippen LogP contribution in [-0.2, 0) is 0 Å².